The molecule has 2 aliphatic rings. The normalized spacial score (nSPS) is 26.9. The van der Waals surface area contributed by atoms with Crippen molar-refractivity contribution in [1.29, 1.82) is 0 Å². The first kappa shape index (κ1) is 23.1. The van der Waals surface area contributed by atoms with E-state index < -0.39 is 0 Å². The van der Waals surface area contributed by atoms with Gasteiger partial charge in [0.1, 0.15) is 0 Å². The smallest absolute Gasteiger partial charge is 0.0461 e. The molecular weight excluding hydrogens is 378 g/mol. The first-order valence-corrected chi connectivity index (χ1v) is 12.4. The third-order valence-electron chi connectivity index (χ3n) is 7.39. The number of likely N-dealkylation sites (N-methyl/N-ethyl adjacent to an activating group) is 1. The molecule has 0 N–H and O–H groups in total. The van der Waals surface area contributed by atoms with Crippen molar-refractivity contribution in [3.05, 3.63) is 34.9 Å². The molecule has 1 aromatic rings. The summed E-state index contributed by atoms with van der Waals surface area (Å²) in [5.41, 5.74) is 1.68. The molecule has 2 fully saturated rings. The van der Waals surface area contributed by atoms with Crippen LogP contribution in [0.5, 0.6) is 0 Å². The SMILES string of the molecule is CCCCN(CCCC)C1(c2ccc(Cl)cc2)CCC(N2CCN(C)CC2)CC1. The molecule has 0 spiro atoms. The van der Waals surface area contributed by atoms with E-state index in [0.29, 0.717) is 0 Å². The molecule has 1 heterocycles. The summed E-state index contributed by atoms with van der Waals surface area (Å²) < 4.78 is 0. The number of hydrogen-bond donors (Lipinski definition) is 0. The molecule has 29 heavy (non-hydrogen) atoms. The second-order valence-electron chi connectivity index (χ2n) is 9.30. The molecule has 1 aliphatic heterocycles. The average Bonchev–Trinajstić information content (AvgIpc) is 2.75. The van der Waals surface area contributed by atoms with Gasteiger partial charge in [0.05, 0.1) is 0 Å². The van der Waals surface area contributed by atoms with Crippen molar-refractivity contribution in [3.63, 3.8) is 0 Å². The van der Waals surface area contributed by atoms with Crippen LogP contribution in [0.15, 0.2) is 24.3 Å². The summed E-state index contributed by atoms with van der Waals surface area (Å²) in [6.45, 7) is 12.0. The number of hydrogen-bond acceptors (Lipinski definition) is 3. The molecule has 1 saturated carbocycles. The molecule has 3 rings (SSSR count). The molecule has 3 nitrogen and oxygen atoms in total. The zero-order chi connectivity index (χ0) is 20.7. The molecule has 0 radical (unpaired) electrons. The van der Waals surface area contributed by atoms with Crippen LogP contribution < -0.4 is 0 Å². The van der Waals surface area contributed by atoms with Gasteiger partial charge in [-0.15, -0.1) is 0 Å². The fourth-order valence-corrected chi connectivity index (χ4v) is 5.54. The molecule has 0 bridgehead atoms. The Kier molecular flexibility index (Phi) is 8.85. The van der Waals surface area contributed by atoms with Crippen LogP contribution >= 0.6 is 11.6 Å². The molecule has 1 saturated heterocycles. The van der Waals surface area contributed by atoms with E-state index in [2.05, 4.69) is 59.9 Å². The second-order valence-corrected chi connectivity index (χ2v) is 9.74. The van der Waals surface area contributed by atoms with Crippen molar-refractivity contribution in [1.82, 2.24) is 14.7 Å². The van der Waals surface area contributed by atoms with Crippen molar-refractivity contribution >= 4 is 11.6 Å². The fraction of sp³-hybridized carbons (Fsp3) is 0.760. The van der Waals surface area contributed by atoms with Crippen LogP contribution in [0.3, 0.4) is 0 Å². The van der Waals surface area contributed by atoms with Crippen molar-refractivity contribution in [2.75, 3.05) is 46.3 Å². The lowest BCUT2D eigenvalue weighted by atomic mass is 9.73. The number of halogens is 1. The maximum Gasteiger partial charge on any atom is 0.0461 e. The Balaban J connectivity index is 1.79. The van der Waals surface area contributed by atoms with Gasteiger partial charge in [-0.05, 0) is 76.4 Å². The molecule has 0 aromatic heterocycles. The second kappa shape index (κ2) is 11.1. The Morgan fingerprint density at radius 3 is 2.00 bits per heavy atom. The molecule has 0 atom stereocenters. The Labute approximate surface area is 184 Å². The zero-order valence-electron chi connectivity index (χ0n) is 19.0. The van der Waals surface area contributed by atoms with E-state index in [1.165, 1.54) is 96.2 Å². The van der Waals surface area contributed by atoms with Crippen LogP contribution in [-0.4, -0.2) is 67.1 Å². The Hall–Kier alpha value is -0.610. The van der Waals surface area contributed by atoms with E-state index >= 15 is 0 Å². The summed E-state index contributed by atoms with van der Waals surface area (Å²) in [4.78, 5) is 8.09. The Bertz CT molecular complexity index is 579. The van der Waals surface area contributed by atoms with Gasteiger partial charge in [0.15, 0.2) is 0 Å². The molecular formula is C25H42ClN3. The molecule has 0 unspecified atom stereocenters. The van der Waals surface area contributed by atoms with E-state index in [1.807, 2.05) is 0 Å². The summed E-state index contributed by atoms with van der Waals surface area (Å²) >= 11 is 6.26. The highest BCUT2D eigenvalue weighted by Crippen LogP contribution is 2.44. The Morgan fingerprint density at radius 2 is 1.48 bits per heavy atom. The van der Waals surface area contributed by atoms with Gasteiger partial charge >= 0.3 is 0 Å². The maximum absolute atomic E-state index is 6.26. The predicted molar refractivity (Wildman–Crippen MR) is 126 cm³/mol. The first-order chi connectivity index (χ1) is 14.1. The molecule has 1 aliphatic carbocycles. The van der Waals surface area contributed by atoms with Crippen LogP contribution in [0.1, 0.15) is 70.8 Å². The molecule has 4 heteroatoms. The minimum Gasteiger partial charge on any atom is -0.304 e. The largest absolute Gasteiger partial charge is 0.304 e. The van der Waals surface area contributed by atoms with Gasteiger partial charge in [0.25, 0.3) is 0 Å². The monoisotopic (exact) mass is 419 g/mol. The van der Waals surface area contributed by atoms with E-state index in [1.54, 1.807) is 0 Å². The van der Waals surface area contributed by atoms with E-state index in [4.69, 9.17) is 11.6 Å². The van der Waals surface area contributed by atoms with Gasteiger partial charge in [0.2, 0.25) is 0 Å². The molecule has 0 amide bonds. The fourth-order valence-electron chi connectivity index (χ4n) is 5.42. The molecule has 1 aromatic carbocycles. The number of unbranched alkanes of at least 4 members (excludes halogenated alkanes) is 2. The van der Waals surface area contributed by atoms with Crippen molar-refractivity contribution < 1.29 is 0 Å². The lowest BCUT2D eigenvalue weighted by Crippen LogP contribution is -2.54. The highest BCUT2D eigenvalue weighted by atomic mass is 35.5. The standard InChI is InChI=1S/C25H42ClN3/c1-4-6-16-29(17-7-5-2)25(22-8-10-23(26)11-9-22)14-12-24(13-15-25)28-20-18-27(3)19-21-28/h8-11,24H,4-7,12-21H2,1-3H3. The minimum atomic E-state index is 0.192. The van der Waals surface area contributed by atoms with Gasteiger partial charge in [0, 0.05) is 42.8 Å². The minimum absolute atomic E-state index is 0.192. The third kappa shape index (κ3) is 5.76. The van der Waals surface area contributed by atoms with Crippen LogP contribution in [0.2, 0.25) is 5.02 Å². The lowest BCUT2D eigenvalue weighted by molar-refractivity contribution is 0.00459. The summed E-state index contributed by atoms with van der Waals surface area (Å²) in [5.74, 6) is 0. The lowest BCUT2D eigenvalue weighted by Gasteiger charge is -2.51. The van der Waals surface area contributed by atoms with Crippen LogP contribution in [0, 0.1) is 0 Å². The highest BCUT2D eigenvalue weighted by molar-refractivity contribution is 6.30. The topological polar surface area (TPSA) is 9.72 Å². The van der Waals surface area contributed by atoms with E-state index in [0.717, 1.165) is 11.1 Å². The van der Waals surface area contributed by atoms with Crippen molar-refractivity contribution in [3.8, 4) is 0 Å². The summed E-state index contributed by atoms with van der Waals surface area (Å²) in [5, 5.41) is 0.851. The van der Waals surface area contributed by atoms with Crippen molar-refractivity contribution in [2.24, 2.45) is 0 Å². The van der Waals surface area contributed by atoms with Crippen LogP contribution in [-0.2, 0) is 5.54 Å². The predicted octanol–water partition coefficient (Wildman–Crippen LogP) is 5.63. The van der Waals surface area contributed by atoms with Gasteiger partial charge < -0.3 is 4.90 Å². The van der Waals surface area contributed by atoms with Gasteiger partial charge in [-0.25, -0.2) is 0 Å². The average molecular weight is 420 g/mol. The zero-order valence-corrected chi connectivity index (χ0v) is 19.8. The maximum atomic E-state index is 6.26. The first-order valence-electron chi connectivity index (χ1n) is 12.0. The summed E-state index contributed by atoms with van der Waals surface area (Å²) in [6.07, 6.45) is 10.3. The number of nitrogens with zero attached hydrogens (tertiary/aromatic N) is 3. The highest BCUT2D eigenvalue weighted by Gasteiger charge is 2.42. The number of benzene rings is 1. The number of piperazine rings is 1. The third-order valence-corrected chi connectivity index (χ3v) is 7.64. The quantitative estimate of drug-likeness (QED) is 0.513. The van der Waals surface area contributed by atoms with Gasteiger partial charge in [-0.2, -0.15) is 0 Å². The summed E-state index contributed by atoms with van der Waals surface area (Å²) in [6, 6.07) is 9.59. The van der Waals surface area contributed by atoms with Crippen LogP contribution in [0.25, 0.3) is 0 Å². The van der Waals surface area contributed by atoms with E-state index in [9.17, 15) is 0 Å². The van der Waals surface area contributed by atoms with Crippen LogP contribution in [0.4, 0.5) is 0 Å². The van der Waals surface area contributed by atoms with E-state index in [-0.39, 0.29) is 5.54 Å². The Morgan fingerprint density at radius 1 is 0.931 bits per heavy atom. The van der Waals surface area contributed by atoms with Gasteiger partial charge in [-0.1, -0.05) is 50.4 Å². The molecule has 164 valence electrons. The number of rotatable bonds is 9. The van der Waals surface area contributed by atoms with Gasteiger partial charge in [-0.3, -0.25) is 9.80 Å². The van der Waals surface area contributed by atoms with Crippen molar-refractivity contribution in [2.45, 2.75) is 76.8 Å². The summed E-state index contributed by atoms with van der Waals surface area (Å²) in [7, 11) is 2.25.